The minimum atomic E-state index is -0.517. The molecule has 0 fully saturated rings. The number of anilines is 1. The number of unbranched alkanes of at least 4 members (excludes halogenated alkanes) is 4. The first-order valence-electron chi connectivity index (χ1n) is 10.6. The fourth-order valence-corrected chi connectivity index (χ4v) is 3.18. The van der Waals surface area contributed by atoms with Crippen LogP contribution in [0.25, 0.3) is 0 Å². The molecule has 1 N–H and O–H groups in total. The summed E-state index contributed by atoms with van der Waals surface area (Å²) in [6.45, 7) is 2.22. The number of allylic oxidation sites excluding steroid dienone is 8. The van der Waals surface area contributed by atoms with Gasteiger partial charge in [0.2, 0.25) is 5.91 Å². The third kappa shape index (κ3) is 13.6. The van der Waals surface area contributed by atoms with Crippen LogP contribution in [0.2, 0.25) is 0 Å². The Kier molecular flexibility index (Phi) is 14.7. The second-order valence-electron chi connectivity index (χ2n) is 6.79. The van der Waals surface area contributed by atoms with Gasteiger partial charge in [-0.05, 0) is 56.3 Å². The highest BCUT2D eigenvalue weighted by Crippen LogP contribution is 2.25. The average Bonchev–Trinajstić information content (AvgIpc) is 3.19. The molecule has 1 aromatic heterocycles. The van der Waals surface area contributed by atoms with Crippen LogP contribution in [0, 0.1) is 10.1 Å². The molecule has 0 saturated heterocycles. The fraction of sp³-hybridized carbons (Fsp3) is 0.478. The molecule has 6 nitrogen and oxygen atoms in total. The van der Waals surface area contributed by atoms with Crippen LogP contribution in [0.1, 0.15) is 71.1 Å². The Morgan fingerprint density at radius 1 is 1.00 bits per heavy atom. The van der Waals surface area contributed by atoms with Gasteiger partial charge in [-0.1, -0.05) is 68.4 Å². The number of nitrogens with one attached hydrogen (secondary N) is 1. The lowest BCUT2D eigenvalue weighted by molar-refractivity contribution is -0.380. The van der Waals surface area contributed by atoms with Crippen LogP contribution in [0.4, 0.5) is 10.1 Å². The molecular weight excluding hydrogens is 398 g/mol. The molecule has 0 radical (unpaired) electrons. The number of hydrogen-bond donors (Lipinski definition) is 1. The highest BCUT2D eigenvalue weighted by Gasteiger charge is 2.12. The van der Waals surface area contributed by atoms with Gasteiger partial charge in [-0.15, -0.1) is 0 Å². The predicted octanol–water partition coefficient (Wildman–Crippen LogP) is 7.14. The van der Waals surface area contributed by atoms with Gasteiger partial charge >= 0.3 is 5.00 Å². The van der Waals surface area contributed by atoms with Gasteiger partial charge in [0.1, 0.15) is 6.20 Å². The first kappa shape index (κ1) is 25.5. The first-order valence-corrected chi connectivity index (χ1v) is 11.4. The van der Waals surface area contributed by atoms with E-state index in [2.05, 4.69) is 65.8 Å². The van der Waals surface area contributed by atoms with Crippen LogP contribution in [-0.2, 0) is 4.79 Å². The van der Waals surface area contributed by atoms with E-state index in [4.69, 9.17) is 0 Å². The molecule has 0 bridgehead atoms. The maximum absolute atomic E-state index is 11.8. The molecule has 164 valence electrons. The lowest BCUT2D eigenvalue weighted by atomic mass is 10.2. The Morgan fingerprint density at radius 3 is 2.10 bits per heavy atom. The number of rotatable bonds is 16. The number of carbonyl (C=O) groups is 1. The first-order chi connectivity index (χ1) is 14.6. The van der Waals surface area contributed by atoms with Gasteiger partial charge in [-0.2, -0.15) is 0 Å². The molecule has 0 spiro atoms. The Morgan fingerprint density at radius 2 is 1.57 bits per heavy atom. The summed E-state index contributed by atoms with van der Waals surface area (Å²) < 4.78 is 0. The summed E-state index contributed by atoms with van der Waals surface area (Å²) in [5.74, 6) is -0.171. The molecule has 0 aliphatic heterocycles. The van der Waals surface area contributed by atoms with Gasteiger partial charge < -0.3 is 5.32 Å². The largest absolute Gasteiger partial charge is 0.345 e. The number of amides is 1. The molecule has 0 unspecified atom stereocenters. The van der Waals surface area contributed by atoms with Crippen molar-refractivity contribution in [1.82, 2.24) is 4.98 Å². The maximum atomic E-state index is 11.8. The zero-order chi connectivity index (χ0) is 21.9. The Bertz CT molecular complexity index is 736. The van der Waals surface area contributed by atoms with E-state index < -0.39 is 4.92 Å². The number of nitro groups is 1. The molecule has 0 aliphatic rings. The molecule has 0 aromatic carbocycles. The van der Waals surface area contributed by atoms with Crippen LogP contribution in [-0.4, -0.2) is 15.8 Å². The van der Waals surface area contributed by atoms with E-state index in [-0.39, 0.29) is 16.0 Å². The average molecular weight is 432 g/mol. The Hall–Kier alpha value is -2.54. The monoisotopic (exact) mass is 431 g/mol. The van der Waals surface area contributed by atoms with E-state index in [1.54, 1.807) is 0 Å². The standard InChI is InChI=1S/C23H33N3O3S/c1-2-3-4-5-6-7-8-9-10-11-12-13-14-15-16-17-18-19-21(27)25-23-24-20-22(30-23)26(28)29/h6-7,9-10,12-13,15-16,20H,2-5,8,11,14,17-19H2,1H3,(H,24,25,27)/b7-6-,10-9-,13-12-,16-15-. The Labute approximate surface area is 183 Å². The zero-order valence-electron chi connectivity index (χ0n) is 17.8. The topological polar surface area (TPSA) is 85.1 Å². The summed E-state index contributed by atoms with van der Waals surface area (Å²) in [6, 6.07) is 0. The number of aromatic nitrogens is 1. The third-order valence-corrected chi connectivity index (χ3v) is 5.02. The van der Waals surface area contributed by atoms with Crippen molar-refractivity contribution in [3.8, 4) is 0 Å². The summed E-state index contributed by atoms with van der Waals surface area (Å²) in [7, 11) is 0. The van der Waals surface area contributed by atoms with Crippen LogP contribution in [0.15, 0.2) is 54.8 Å². The van der Waals surface area contributed by atoms with Crippen molar-refractivity contribution in [3.05, 3.63) is 64.9 Å². The smallest absolute Gasteiger partial charge is 0.302 e. The second-order valence-corrected chi connectivity index (χ2v) is 7.80. The molecule has 1 heterocycles. The van der Waals surface area contributed by atoms with Crippen molar-refractivity contribution in [2.75, 3.05) is 5.32 Å². The minimum Gasteiger partial charge on any atom is -0.302 e. The van der Waals surface area contributed by atoms with Gasteiger partial charge in [-0.25, -0.2) is 4.98 Å². The summed E-state index contributed by atoms with van der Waals surface area (Å²) >= 11 is 0.863. The van der Waals surface area contributed by atoms with E-state index in [1.807, 2.05) is 0 Å². The van der Waals surface area contributed by atoms with Crippen molar-refractivity contribution in [2.24, 2.45) is 0 Å². The minimum absolute atomic E-state index is 0.0774. The molecule has 0 atom stereocenters. The summed E-state index contributed by atoms with van der Waals surface area (Å²) in [6.07, 6.45) is 28.4. The second kappa shape index (κ2) is 17.3. The van der Waals surface area contributed by atoms with Gasteiger partial charge in [0.25, 0.3) is 0 Å². The number of hydrogen-bond acceptors (Lipinski definition) is 5. The van der Waals surface area contributed by atoms with Crippen molar-refractivity contribution >= 4 is 27.4 Å². The molecule has 0 aliphatic carbocycles. The van der Waals surface area contributed by atoms with Crippen LogP contribution in [0.5, 0.6) is 0 Å². The van der Waals surface area contributed by atoms with Gasteiger partial charge in [-0.3, -0.25) is 14.9 Å². The van der Waals surface area contributed by atoms with E-state index in [0.29, 0.717) is 6.42 Å². The van der Waals surface area contributed by atoms with E-state index >= 15 is 0 Å². The van der Waals surface area contributed by atoms with Crippen LogP contribution in [0.3, 0.4) is 0 Å². The number of carbonyl (C=O) groups excluding carboxylic acids is 1. The highest BCUT2D eigenvalue weighted by atomic mass is 32.1. The van der Waals surface area contributed by atoms with E-state index in [0.717, 1.165) is 49.6 Å². The van der Waals surface area contributed by atoms with Gasteiger partial charge in [0.05, 0.1) is 4.92 Å². The summed E-state index contributed by atoms with van der Waals surface area (Å²) in [5.41, 5.74) is 0. The lowest BCUT2D eigenvalue weighted by Crippen LogP contribution is -2.10. The van der Waals surface area contributed by atoms with Gasteiger partial charge in [0.15, 0.2) is 5.13 Å². The maximum Gasteiger partial charge on any atom is 0.345 e. The SMILES string of the molecule is CCCCC/C=C\C/C=C\C/C=C\C/C=C\CCCC(=O)Nc1ncc([N+](=O)[O-])s1. The molecule has 0 saturated carbocycles. The molecule has 1 aromatic rings. The molecule has 1 amide bonds. The zero-order valence-corrected chi connectivity index (χ0v) is 18.6. The molecular formula is C23H33N3O3S. The molecule has 7 heteroatoms. The van der Waals surface area contributed by atoms with Crippen LogP contribution >= 0.6 is 11.3 Å². The van der Waals surface area contributed by atoms with Crippen molar-refractivity contribution in [1.29, 1.82) is 0 Å². The Balaban J connectivity index is 2.01. The normalized spacial score (nSPS) is 12.0. The van der Waals surface area contributed by atoms with Crippen molar-refractivity contribution in [2.45, 2.75) is 71.1 Å². The summed E-state index contributed by atoms with van der Waals surface area (Å²) in [4.78, 5) is 25.7. The van der Waals surface area contributed by atoms with E-state index in [9.17, 15) is 14.9 Å². The van der Waals surface area contributed by atoms with Gasteiger partial charge in [0, 0.05) is 6.42 Å². The van der Waals surface area contributed by atoms with Crippen LogP contribution < -0.4 is 5.32 Å². The molecule has 1 rings (SSSR count). The fourth-order valence-electron chi connectivity index (χ4n) is 2.53. The van der Waals surface area contributed by atoms with Crippen molar-refractivity contribution in [3.63, 3.8) is 0 Å². The third-order valence-electron chi connectivity index (χ3n) is 4.15. The number of nitrogens with zero attached hydrogens (tertiary/aromatic N) is 2. The molecule has 30 heavy (non-hydrogen) atoms. The lowest BCUT2D eigenvalue weighted by Gasteiger charge is -1.99. The number of thiazole rings is 1. The predicted molar refractivity (Wildman–Crippen MR) is 126 cm³/mol. The quantitative estimate of drug-likeness (QED) is 0.130. The van der Waals surface area contributed by atoms with Crippen molar-refractivity contribution < 1.29 is 9.72 Å². The summed E-state index contributed by atoms with van der Waals surface area (Å²) in [5, 5.41) is 13.4. The van der Waals surface area contributed by atoms with E-state index in [1.165, 1.54) is 25.7 Å². The highest BCUT2D eigenvalue weighted by molar-refractivity contribution is 7.18.